The van der Waals surface area contributed by atoms with Gasteiger partial charge in [0.25, 0.3) is 11.5 Å². The second-order valence-corrected chi connectivity index (χ2v) is 11.1. The maximum absolute atomic E-state index is 13.6. The van der Waals surface area contributed by atoms with Crippen LogP contribution in [0.5, 0.6) is 0 Å². The minimum absolute atomic E-state index is 0.125. The van der Waals surface area contributed by atoms with Gasteiger partial charge < -0.3 is 14.6 Å². The fourth-order valence-corrected chi connectivity index (χ4v) is 5.78. The van der Waals surface area contributed by atoms with E-state index in [1.165, 1.54) is 15.7 Å². The molecule has 2 N–H and O–H groups in total. The molecule has 4 heterocycles. The summed E-state index contributed by atoms with van der Waals surface area (Å²) < 4.78 is 8.45. The van der Waals surface area contributed by atoms with Gasteiger partial charge in [0.05, 0.1) is 17.6 Å². The number of aryl methyl sites for hydroxylation is 1. The second kappa shape index (κ2) is 11.3. The number of hydrogen-bond acceptors (Lipinski definition) is 7. The number of fused-ring (bicyclic) bond motifs is 2. The van der Waals surface area contributed by atoms with Gasteiger partial charge in [0, 0.05) is 36.0 Å². The molecule has 42 heavy (non-hydrogen) atoms. The first kappa shape index (κ1) is 27.5. The van der Waals surface area contributed by atoms with Crippen molar-refractivity contribution >= 4 is 50.5 Å². The van der Waals surface area contributed by atoms with Crippen LogP contribution in [0.2, 0.25) is 5.02 Å². The summed E-state index contributed by atoms with van der Waals surface area (Å²) in [4.78, 5) is 36.4. The Hall–Kier alpha value is -4.64. The third-order valence-corrected chi connectivity index (χ3v) is 8.11. The number of hydrogen-bond donors (Lipinski definition) is 2. The Morgan fingerprint density at radius 1 is 1.07 bits per heavy atom. The normalized spacial score (nSPS) is 11.3. The van der Waals surface area contributed by atoms with Crippen molar-refractivity contribution < 1.29 is 9.53 Å². The Labute approximate surface area is 249 Å². The van der Waals surface area contributed by atoms with E-state index in [1.807, 2.05) is 37.3 Å². The number of halogens is 1. The number of nitrogens with one attached hydrogen (secondary N) is 2. The summed E-state index contributed by atoms with van der Waals surface area (Å²) in [6.45, 7) is 2.58. The highest BCUT2D eigenvalue weighted by atomic mass is 35.5. The molecule has 0 saturated heterocycles. The molecule has 0 radical (unpaired) electrons. The Bertz CT molecular complexity index is 2080. The molecule has 1 amide bonds. The maximum Gasteiger partial charge on any atom is 0.267 e. The van der Waals surface area contributed by atoms with E-state index in [2.05, 4.69) is 5.32 Å². The van der Waals surface area contributed by atoms with Gasteiger partial charge in [0.1, 0.15) is 32.5 Å². The van der Waals surface area contributed by atoms with E-state index in [1.54, 1.807) is 60.3 Å². The zero-order chi connectivity index (χ0) is 29.4. The monoisotopic (exact) mass is 596 g/mol. The van der Waals surface area contributed by atoms with E-state index in [4.69, 9.17) is 31.7 Å². The molecule has 0 unspecified atom stereocenters. The molecule has 11 heteroatoms. The molecule has 2 aromatic carbocycles. The summed E-state index contributed by atoms with van der Waals surface area (Å²) in [7, 11) is 1.58. The summed E-state index contributed by atoms with van der Waals surface area (Å²) in [5.41, 5.74) is 4.00. The molecule has 9 nitrogen and oxygen atoms in total. The average Bonchev–Trinajstić information content (AvgIpc) is 3.40. The van der Waals surface area contributed by atoms with E-state index in [0.717, 1.165) is 11.1 Å². The number of thiazole rings is 1. The predicted molar refractivity (Wildman–Crippen MR) is 165 cm³/mol. The number of pyridine rings is 2. The first-order valence-corrected chi connectivity index (χ1v) is 14.3. The Kier molecular flexibility index (Phi) is 7.42. The number of methoxy groups -OCH3 is 1. The van der Waals surface area contributed by atoms with Gasteiger partial charge in [-0.05, 0) is 49.4 Å². The van der Waals surface area contributed by atoms with Crippen molar-refractivity contribution in [3.63, 3.8) is 0 Å². The molecule has 0 spiro atoms. The predicted octanol–water partition coefficient (Wildman–Crippen LogP) is 5.78. The maximum atomic E-state index is 13.6. The zero-order valence-corrected chi connectivity index (χ0v) is 24.3. The Balaban J connectivity index is 1.55. The van der Waals surface area contributed by atoms with Crippen molar-refractivity contribution in [2.24, 2.45) is 0 Å². The van der Waals surface area contributed by atoms with Gasteiger partial charge in [-0.1, -0.05) is 58.8 Å². The van der Waals surface area contributed by atoms with Crippen molar-refractivity contribution in [3.8, 4) is 21.8 Å². The largest absolute Gasteiger partial charge is 0.383 e. The van der Waals surface area contributed by atoms with Crippen molar-refractivity contribution in [1.29, 1.82) is 5.41 Å². The van der Waals surface area contributed by atoms with Crippen LogP contribution in [0.15, 0.2) is 83.8 Å². The molecule has 6 aromatic rings. The molecular weight excluding hydrogens is 572 g/mol. The Morgan fingerprint density at radius 3 is 2.57 bits per heavy atom. The number of nitrogens with zero attached hydrogens (tertiary/aromatic N) is 4. The molecule has 0 saturated carbocycles. The third-order valence-electron chi connectivity index (χ3n) is 6.85. The van der Waals surface area contributed by atoms with Crippen molar-refractivity contribution in [2.75, 3.05) is 19.0 Å². The molecule has 6 rings (SSSR count). The first-order chi connectivity index (χ1) is 20.3. The molecule has 0 aliphatic heterocycles. The first-order valence-electron chi connectivity index (χ1n) is 13.1. The lowest BCUT2D eigenvalue weighted by atomic mass is 10.1. The van der Waals surface area contributed by atoms with E-state index >= 15 is 0 Å². The third kappa shape index (κ3) is 5.11. The van der Waals surface area contributed by atoms with Crippen LogP contribution >= 0.6 is 22.9 Å². The number of rotatable bonds is 7. The van der Waals surface area contributed by atoms with Crippen molar-refractivity contribution in [1.82, 2.24) is 18.9 Å². The number of aromatic nitrogens is 4. The highest BCUT2D eigenvalue weighted by molar-refractivity contribution is 7.19. The fourth-order valence-electron chi connectivity index (χ4n) is 4.65. The number of benzene rings is 2. The van der Waals surface area contributed by atoms with E-state index in [9.17, 15) is 9.59 Å². The molecule has 0 bridgehead atoms. The summed E-state index contributed by atoms with van der Waals surface area (Å²) in [5, 5.41) is 14.0. The van der Waals surface area contributed by atoms with E-state index < -0.39 is 0 Å². The highest BCUT2D eigenvalue weighted by Gasteiger charge is 2.21. The molecule has 0 fully saturated rings. The quantitative estimate of drug-likeness (QED) is 0.227. The molecule has 0 aliphatic carbocycles. The van der Waals surface area contributed by atoms with Gasteiger partial charge in [-0.3, -0.25) is 19.4 Å². The van der Waals surface area contributed by atoms with Crippen LogP contribution in [0.1, 0.15) is 15.9 Å². The zero-order valence-electron chi connectivity index (χ0n) is 22.7. The minimum Gasteiger partial charge on any atom is -0.383 e. The lowest BCUT2D eigenvalue weighted by Crippen LogP contribution is -2.28. The highest BCUT2D eigenvalue weighted by Crippen LogP contribution is 2.38. The summed E-state index contributed by atoms with van der Waals surface area (Å²) >= 11 is 7.38. The number of ether oxygens (including phenoxy) is 1. The average molecular weight is 597 g/mol. The topological polar surface area (TPSA) is 114 Å². The van der Waals surface area contributed by atoms with Crippen LogP contribution in [0, 0.1) is 12.3 Å². The number of carbonyl (C=O) groups excluding carboxylic acids is 1. The van der Waals surface area contributed by atoms with Crippen LogP contribution in [-0.4, -0.2) is 38.6 Å². The van der Waals surface area contributed by atoms with Gasteiger partial charge in [-0.15, -0.1) is 0 Å². The van der Waals surface area contributed by atoms with Crippen molar-refractivity contribution in [3.05, 3.63) is 111 Å². The van der Waals surface area contributed by atoms with E-state index in [0.29, 0.717) is 61.7 Å². The summed E-state index contributed by atoms with van der Waals surface area (Å²) in [5.74, 6) is -0.283. The van der Waals surface area contributed by atoms with E-state index in [-0.39, 0.29) is 17.0 Å². The number of anilines is 1. The lowest BCUT2D eigenvalue weighted by Gasteiger charge is -2.13. The fraction of sp³-hybridized carbons (Fsp3) is 0.129. The van der Waals surface area contributed by atoms with Crippen LogP contribution in [-0.2, 0) is 11.3 Å². The minimum atomic E-state index is -0.283. The smallest absolute Gasteiger partial charge is 0.267 e. The second-order valence-electron chi connectivity index (χ2n) is 9.66. The SMILES string of the molecule is COCCn1c(=N)c(-c2nc(-c3ccc(Cl)cc3)c(NC(=O)c3ccc(C)cc3)s2)cc2c(=O)n3ccccc3nc21. The van der Waals surface area contributed by atoms with Crippen LogP contribution < -0.4 is 16.4 Å². The number of carbonyl (C=O) groups is 1. The van der Waals surface area contributed by atoms with Crippen molar-refractivity contribution in [2.45, 2.75) is 13.5 Å². The van der Waals surface area contributed by atoms with Gasteiger partial charge in [-0.25, -0.2) is 9.97 Å². The van der Waals surface area contributed by atoms with Crippen LogP contribution in [0.3, 0.4) is 0 Å². The molecular formula is C31H25ClN6O3S. The van der Waals surface area contributed by atoms with Gasteiger partial charge in [0.2, 0.25) is 0 Å². The molecule has 0 aliphatic rings. The lowest BCUT2D eigenvalue weighted by molar-refractivity contribution is 0.102. The standard InChI is InChI=1S/C31H25ClN6O3S/c1-18-6-8-20(9-7-18)28(39)36-30-25(19-10-12-21(32)13-11-19)35-29(42-30)22-17-23-27(38(26(22)33)15-16-41-2)34-24-5-3-4-14-37(24)31(23)40/h3-14,17,33H,15-16H2,1-2H3,(H,36,39). The number of amides is 1. The molecule has 4 aromatic heterocycles. The van der Waals surface area contributed by atoms with Gasteiger partial charge in [0.15, 0.2) is 0 Å². The molecule has 0 atom stereocenters. The Morgan fingerprint density at radius 2 is 1.83 bits per heavy atom. The van der Waals surface area contributed by atoms with Gasteiger partial charge in [-0.2, -0.15) is 0 Å². The summed E-state index contributed by atoms with van der Waals surface area (Å²) in [6.07, 6.45) is 1.67. The molecule has 210 valence electrons. The summed E-state index contributed by atoms with van der Waals surface area (Å²) in [6, 6.07) is 21.4. The van der Waals surface area contributed by atoms with Crippen LogP contribution in [0.25, 0.3) is 38.5 Å². The van der Waals surface area contributed by atoms with Gasteiger partial charge >= 0.3 is 0 Å². The van der Waals surface area contributed by atoms with Crippen LogP contribution in [0.4, 0.5) is 5.00 Å².